The van der Waals surface area contributed by atoms with Gasteiger partial charge in [-0.05, 0) is 37.4 Å². The summed E-state index contributed by atoms with van der Waals surface area (Å²) in [4.78, 5) is 2.89. The van der Waals surface area contributed by atoms with E-state index in [-0.39, 0.29) is 0 Å². The van der Waals surface area contributed by atoms with E-state index in [0.29, 0.717) is 12.0 Å². The van der Waals surface area contributed by atoms with Gasteiger partial charge in [-0.2, -0.15) is 0 Å². The maximum absolute atomic E-state index is 3.60. The molecule has 0 aliphatic carbocycles. The summed E-state index contributed by atoms with van der Waals surface area (Å²) in [6.07, 6.45) is 0. The molecular weight excluding hydrogens is 202 g/mol. The Balaban J connectivity index is 2.82. The van der Waals surface area contributed by atoms with Crippen molar-refractivity contribution >= 4 is 11.3 Å². The fraction of sp³-hybridized carbons (Fsp3) is 0.692. The molecular formula is C13H23NS. The summed E-state index contributed by atoms with van der Waals surface area (Å²) in [6.45, 7) is 12.3. The number of hydrogen-bond donors (Lipinski definition) is 1. The van der Waals surface area contributed by atoms with E-state index in [9.17, 15) is 0 Å². The van der Waals surface area contributed by atoms with Crippen LogP contribution in [0.15, 0.2) is 12.1 Å². The molecule has 0 bridgehead atoms. The minimum absolute atomic E-state index is 0.522. The van der Waals surface area contributed by atoms with Crippen molar-refractivity contribution in [2.24, 2.45) is 11.8 Å². The van der Waals surface area contributed by atoms with Crippen molar-refractivity contribution < 1.29 is 0 Å². The Kier molecular flexibility index (Phi) is 4.81. The van der Waals surface area contributed by atoms with E-state index in [1.165, 1.54) is 9.75 Å². The van der Waals surface area contributed by atoms with E-state index in [1.54, 1.807) is 0 Å². The van der Waals surface area contributed by atoms with Crippen molar-refractivity contribution in [1.82, 2.24) is 5.32 Å². The normalized spacial score (nSPS) is 15.6. The monoisotopic (exact) mass is 225 g/mol. The van der Waals surface area contributed by atoms with Gasteiger partial charge in [0.05, 0.1) is 0 Å². The molecule has 2 unspecified atom stereocenters. The summed E-state index contributed by atoms with van der Waals surface area (Å²) in [6, 6.07) is 5.01. The minimum atomic E-state index is 0.522. The third-order valence-corrected chi connectivity index (χ3v) is 4.15. The third-order valence-electron chi connectivity index (χ3n) is 3.07. The molecule has 2 heteroatoms. The molecule has 2 atom stereocenters. The highest BCUT2D eigenvalue weighted by Gasteiger charge is 2.22. The summed E-state index contributed by atoms with van der Waals surface area (Å²) >= 11 is 1.92. The van der Waals surface area contributed by atoms with Crippen LogP contribution < -0.4 is 5.32 Å². The zero-order valence-electron chi connectivity index (χ0n) is 10.5. The molecule has 0 radical (unpaired) electrons. The molecule has 1 aromatic rings. The first-order chi connectivity index (χ1) is 7.06. The van der Waals surface area contributed by atoms with E-state index in [0.717, 1.165) is 12.5 Å². The molecule has 0 saturated carbocycles. The van der Waals surface area contributed by atoms with E-state index in [1.807, 2.05) is 11.3 Å². The topological polar surface area (TPSA) is 12.0 Å². The largest absolute Gasteiger partial charge is 0.309 e. The van der Waals surface area contributed by atoms with Crippen molar-refractivity contribution in [3.05, 3.63) is 21.9 Å². The predicted octanol–water partition coefficient (Wildman–Crippen LogP) is 4.00. The molecule has 86 valence electrons. The summed E-state index contributed by atoms with van der Waals surface area (Å²) < 4.78 is 0. The van der Waals surface area contributed by atoms with Crippen LogP contribution in [0.3, 0.4) is 0 Å². The number of aryl methyl sites for hydroxylation is 1. The molecule has 0 aromatic carbocycles. The average Bonchev–Trinajstić information content (AvgIpc) is 2.60. The first-order valence-electron chi connectivity index (χ1n) is 5.86. The van der Waals surface area contributed by atoms with Crippen LogP contribution in [0.25, 0.3) is 0 Å². The first kappa shape index (κ1) is 12.7. The Morgan fingerprint density at radius 1 is 1.27 bits per heavy atom. The van der Waals surface area contributed by atoms with Crippen LogP contribution in [0, 0.1) is 18.8 Å². The van der Waals surface area contributed by atoms with Gasteiger partial charge in [-0.15, -0.1) is 11.3 Å². The first-order valence-corrected chi connectivity index (χ1v) is 6.67. The molecule has 0 saturated heterocycles. The summed E-state index contributed by atoms with van der Waals surface area (Å²) in [5.41, 5.74) is 0. The van der Waals surface area contributed by atoms with Crippen LogP contribution in [0.1, 0.15) is 43.5 Å². The van der Waals surface area contributed by atoms with Gasteiger partial charge in [0.2, 0.25) is 0 Å². The molecule has 0 aliphatic rings. The zero-order chi connectivity index (χ0) is 11.4. The smallest absolute Gasteiger partial charge is 0.0443 e. The van der Waals surface area contributed by atoms with Crippen LogP contribution in [-0.4, -0.2) is 6.54 Å². The zero-order valence-corrected chi connectivity index (χ0v) is 11.3. The Bertz CT molecular complexity index is 290. The van der Waals surface area contributed by atoms with Crippen LogP contribution in [0.4, 0.5) is 0 Å². The van der Waals surface area contributed by atoms with E-state index < -0.39 is 0 Å². The summed E-state index contributed by atoms with van der Waals surface area (Å²) in [5, 5.41) is 3.60. The second-order valence-electron chi connectivity index (χ2n) is 4.59. The fourth-order valence-electron chi connectivity index (χ4n) is 1.77. The van der Waals surface area contributed by atoms with Gasteiger partial charge in [-0.25, -0.2) is 0 Å². The Morgan fingerprint density at radius 2 is 1.93 bits per heavy atom. The van der Waals surface area contributed by atoms with Crippen LogP contribution in [0.5, 0.6) is 0 Å². The molecule has 15 heavy (non-hydrogen) atoms. The molecule has 0 aliphatic heterocycles. The molecule has 0 fully saturated rings. The summed E-state index contributed by atoms with van der Waals surface area (Å²) in [7, 11) is 0. The van der Waals surface area contributed by atoms with Gasteiger partial charge in [0.1, 0.15) is 0 Å². The highest BCUT2D eigenvalue weighted by atomic mass is 32.1. The molecule has 1 N–H and O–H groups in total. The molecule has 1 heterocycles. The minimum Gasteiger partial charge on any atom is -0.309 e. The van der Waals surface area contributed by atoms with Crippen LogP contribution in [0.2, 0.25) is 0 Å². The Morgan fingerprint density at radius 3 is 2.33 bits per heavy atom. The Hall–Kier alpha value is -0.340. The predicted molar refractivity (Wildman–Crippen MR) is 69.5 cm³/mol. The van der Waals surface area contributed by atoms with Gasteiger partial charge in [-0.1, -0.05) is 27.7 Å². The quantitative estimate of drug-likeness (QED) is 0.798. The second kappa shape index (κ2) is 5.66. The number of nitrogens with one attached hydrogen (secondary N) is 1. The highest BCUT2D eigenvalue weighted by molar-refractivity contribution is 7.12. The van der Waals surface area contributed by atoms with E-state index in [2.05, 4.69) is 52.1 Å². The molecule has 1 nitrogen and oxygen atoms in total. The van der Waals surface area contributed by atoms with Gasteiger partial charge in [-0.3, -0.25) is 0 Å². The Labute approximate surface area is 97.9 Å². The number of thiophene rings is 1. The van der Waals surface area contributed by atoms with Crippen LogP contribution in [-0.2, 0) is 0 Å². The van der Waals surface area contributed by atoms with Crippen LogP contribution >= 0.6 is 11.3 Å². The van der Waals surface area contributed by atoms with Crippen molar-refractivity contribution in [1.29, 1.82) is 0 Å². The SMILES string of the molecule is CCNC(c1ccc(C)s1)C(C)C(C)C. The second-order valence-corrected chi connectivity index (χ2v) is 5.91. The lowest BCUT2D eigenvalue weighted by Gasteiger charge is -2.26. The van der Waals surface area contributed by atoms with E-state index >= 15 is 0 Å². The van der Waals surface area contributed by atoms with Gasteiger partial charge >= 0.3 is 0 Å². The van der Waals surface area contributed by atoms with Gasteiger partial charge in [0.15, 0.2) is 0 Å². The number of rotatable bonds is 5. The molecule has 1 aromatic heterocycles. The lowest BCUT2D eigenvalue weighted by Crippen LogP contribution is -2.28. The van der Waals surface area contributed by atoms with Gasteiger partial charge in [0, 0.05) is 15.8 Å². The van der Waals surface area contributed by atoms with Crippen molar-refractivity contribution in [2.75, 3.05) is 6.54 Å². The van der Waals surface area contributed by atoms with Crippen molar-refractivity contribution in [3.63, 3.8) is 0 Å². The lowest BCUT2D eigenvalue weighted by molar-refractivity contribution is 0.311. The highest BCUT2D eigenvalue weighted by Crippen LogP contribution is 2.31. The van der Waals surface area contributed by atoms with Crippen molar-refractivity contribution in [2.45, 2.75) is 40.7 Å². The van der Waals surface area contributed by atoms with Gasteiger partial charge in [0.25, 0.3) is 0 Å². The lowest BCUT2D eigenvalue weighted by atomic mass is 9.89. The third kappa shape index (κ3) is 3.32. The molecule has 0 spiro atoms. The maximum atomic E-state index is 3.60. The average molecular weight is 225 g/mol. The molecule has 0 amide bonds. The standard InChI is InChI=1S/C13H23NS/c1-6-14-13(11(5)9(2)3)12-8-7-10(4)15-12/h7-9,11,13-14H,6H2,1-5H3. The van der Waals surface area contributed by atoms with Crippen molar-refractivity contribution in [3.8, 4) is 0 Å². The fourth-order valence-corrected chi connectivity index (χ4v) is 2.84. The maximum Gasteiger partial charge on any atom is 0.0443 e. The summed E-state index contributed by atoms with van der Waals surface area (Å²) in [5.74, 6) is 1.40. The van der Waals surface area contributed by atoms with Gasteiger partial charge < -0.3 is 5.32 Å². The number of hydrogen-bond acceptors (Lipinski definition) is 2. The molecule has 1 rings (SSSR count). The van der Waals surface area contributed by atoms with E-state index in [4.69, 9.17) is 0 Å².